The molecule has 6 aromatic rings. The molecule has 0 radical (unpaired) electrons. The lowest BCUT2D eigenvalue weighted by Gasteiger charge is -2.31. The third-order valence-corrected chi connectivity index (χ3v) is 20.6. The number of aromatic nitrogens is 1. The van der Waals surface area contributed by atoms with Gasteiger partial charge in [0.05, 0.1) is 106 Å². The van der Waals surface area contributed by atoms with Gasteiger partial charge < -0.3 is 85.6 Å². The van der Waals surface area contributed by atoms with Crippen molar-refractivity contribution in [3.8, 4) is 28.9 Å². The molecule has 30 nitrogen and oxygen atoms in total. The first-order valence-electron chi connectivity index (χ1n) is 36.5. The second-order valence-corrected chi connectivity index (χ2v) is 28.7. The van der Waals surface area contributed by atoms with Crippen molar-refractivity contribution >= 4 is 93.1 Å². The number of ether oxygens (including phenoxy) is 6. The molecule has 7 heterocycles. The van der Waals surface area contributed by atoms with Crippen LogP contribution in [0.3, 0.4) is 0 Å². The number of hydrogen-bond acceptors (Lipinski definition) is 21. The molecule has 9 amide bonds. The van der Waals surface area contributed by atoms with Gasteiger partial charge in [-0.2, -0.15) is 0 Å². The Bertz CT molecular complexity index is 4600. The number of fused-ring (bicyclic) bond motifs is 8. The molecular formula is C79H90N14O16. The number of pyridine rings is 1. The van der Waals surface area contributed by atoms with E-state index in [0.717, 1.165) is 57.0 Å². The van der Waals surface area contributed by atoms with Gasteiger partial charge in [0, 0.05) is 85.8 Å². The van der Waals surface area contributed by atoms with Gasteiger partial charge in [-0.05, 0) is 116 Å². The van der Waals surface area contributed by atoms with Crippen molar-refractivity contribution in [3.63, 3.8) is 0 Å². The van der Waals surface area contributed by atoms with Crippen molar-refractivity contribution in [1.82, 2.24) is 52.0 Å². The summed E-state index contributed by atoms with van der Waals surface area (Å²) in [7, 11) is 4.49. The molecule has 9 N–H and O–H groups in total. The first kappa shape index (κ1) is 75.3. The molecule has 5 atom stereocenters. The van der Waals surface area contributed by atoms with E-state index in [1.807, 2.05) is 60.8 Å². The molecule has 7 aliphatic rings. The van der Waals surface area contributed by atoms with Crippen LogP contribution in [0, 0.1) is 11.3 Å². The van der Waals surface area contributed by atoms with Crippen LogP contribution in [-0.2, 0) is 46.7 Å². The van der Waals surface area contributed by atoms with Gasteiger partial charge in [0.25, 0.3) is 11.8 Å². The number of aliphatic hydroxyl groups excluding tert-OH is 1. The number of nitrogens with one attached hydrogen (secondary N) is 8. The normalized spacial score (nSPS) is 18.2. The van der Waals surface area contributed by atoms with Crippen LogP contribution in [0.25, 0.3) is 17.0 Å². The Balaban J connectivity index is 0.568. The Kier molecular flexibility index (Phi) is 22.3. The summed E-state index contributed by atoms with van der Waals surface area (Å²) in [5, 5.41) is 30.7. The predicted molar refractivity (Wildman–Crippen MR) is 402 cm³/mol. The van der Waals surface area contributed by atoms with Crippen LogP contribution in [0.2, 0.25) is 0 Å². The second kappa shape index (κ2) is 32.3. The highest BCUT2D eigenvalue weighted by Crippen LogP contribution is 2.57. The van der Waals surface area contributed by atoms with E-state index in [2.05, 4.69) is 66.7 Å². The monoisotopic (exact) mass is 1490 g/mol. The molecule has 1 saturated heterocycles. The van der Waals surface area contributed by atoms with Crippen LogP contribution in [0.5, 0.6) is 28.9 Å². The van der Waals surface area contributed by atoms with Crippen LogP contribution in [0.15, 0.2) is 122 Å². The predicted octanol–water partition coefficient (Wildman–Crippen LogP) is 6.81. The van der Waals surface area contributed by atoms with Crippen LogP contribution >= 0.6 is 0 Å². The number of amides is 9. The van der Waals surface area contributed by atoms with Crippen LogP contribution in [-0.4, -0.2) is 175 Å². The number of nitrogens with zero attached hydrogens (tertiary/aromatic N) is 6. The molecule has 1 spiro atoms. The molecule has 2 fully saturated rings. The third kappa shape index (κ3) is 16.2. The maximum absolute atomic E-state index is 14.5. The highest BCUT2D eigenvalue weighted by atomic mass is 16.6. The first-order chi connectivity index (χ1) is 52.5. The van der Waals surface area contributed by atoms with Crippen molar-refractivity contribution in [2.45, 2.75) is 129 Å². The van der Waals surface area contributed by atoms with Crippen LogP contribution < -0.4 is 76.3 Å². The largest absolute Gasteiger partial charge is 0.493 e. The molecule has 6 aliphatic heterocycles. The summed E-state index contributed by atoms with van der Waals surface area (Å²) >= 11 is 0. The smallest absolute Gasteiger partial charge is 0.416 e. The fourth-order valence-electron chi connectivity index (χ4n) is 14.5. The van der Waals surface area contributed by atoms with Gasteiger partial charge in [-0.3, -0.25) is 43.4 Å². The number of hydrazine groups is 2. The van der Waals surface area contributed by atoms with Gasteiger partial charge in [0.2, 0.25) is 41.3 Å². The van der Waals surface area contributed by atoms with Crippen LogP contribution in [0.1, 0.15) is 128 Å². The Morgan fingerprint density at radius 2 is 1.40 bits per heavy atom. The molecule has 1 aliphatic carbocycles. The number of hydrogen-bond donors (Lipinski definition) is 9. The summed E-state index contributed by atoms with van der Waals surface area (Å²) in [6.07, 6.45) is 4.01. The SMILES string of the molecule is COc1ccc(C2=CN3C(=O)c4cc(OC)c(OCCCOc5cc6c(cc5OC)C(=O)N5CC7(CC7)C[C@H]5C(O)N6C(=O)OCc5ccc(NC(=O)[C@H](C)NC(=O)[C@@H](NC(=O)CNC(=O)CNC(=O)CCC(=O)N6Cc7ccccc7C7=C(NNN7C(C)C)c7ccccc76)C(C)C)cc5)cc4NC[C@@H]3C2)cn1. The molecule has 109 heavy (non-hydrogen) atoms. The fourth-order valence-corrected chi connectivity index (χ4v) is 14.5. The summed E-state index contributed by atoms with van der Waals surface area (Å²) < 4.78 is 35.1. The summed E-state index contributed by atoms with van der Waals surface area (Å²) in [6, 6.07) is 28.9. The van der Waals surface area contributed by atoms with E-state index in [1.54, 1.807) is 84.3 Å². The van der Waals surface area contributed by atoms with Crippen molar-refractivity contribution < 1.29 is 76.7 Å². The first-order valence-corrected chi connectivity index (χ1v) is 36.5. The Morgan fingerprint density at radius 1 is 0.706 bits per heavy atom. The van der Waals surface area contributed by atoms with Gasteiger partial charge >= 0.3 is 6.09 Å². The number of aliphatic hydroxyl groups is 1. The number of benzene rings is 5. The van der Waals surface area contributed by atoms with Gasteiger partial charge in [-0.25, -0.2) is 14.7 Å². The van der Waals surface area contributed by atoms with E-state index in [9.17, 15) is 48.3 Å². The van der Waals surface area contributed by atoms with Gasteiger partial charge in [-0.1, -0.05) is 68.4 Å². The lowest BCUT2D eigenvalue weighted by molar-refractivity contribution is -0.132. The molecule has 572 valence electrons. The van der Waals surface area contributed by atoms with E-state index in [-0.39, 0.29) is 97.2 Å². The number of carbonyl (C=O) groups excluding carboxylic acids is 9. The minimum atomic E-state index is -1.50. The fraction of sp³-hybridized carbons (Fsp3) is 0.392. The molecule has 5 aromatic carbocycles. The Labute approximate surface area is 630 Å². The highest BCUT2D eigenvalue weighted by Gasteiger charge is 2.58. The van der Waals surface area contributed by atoms with Gasteiger partial charge in [-0.15, -0.1) is 5.53 Å². The number of rotatable bonds is 26. The minimum absolute atomic E-state index is 0.0538. The van der Waals surface area contributed by atoms with Crippen molar-refractivity contribution in [3.05, 3.63) is 161 Å². The van der Waals surface area contributed by atoms with E-state index >= 15 is 0 Å². The lowest BCUT2D eigenvalue weighted by atomic mass is 9.95. The van der Waals surface area contributed by atoms with Gasteiger partial charge in [0.1, 0.15) is 18.7 Å². The van der Waals surface area contributed by atoms with Gasteiger partial charge in [0.15, 0.2) is 29.2 Å². The van der Waals surface area contributed by atoms with E-state index < -0.39 is 79.0 Å². The summed E-state index contributed by atoms with van der Waals surface area (Å²) in [4.78, 5) is 134. The second-order valence-electron chi connectivity index (χ2n) is 28.7. The summed E-state index contributed by atoms with van der Waals surface area (Å²) in [5.41, 5.74) is 15.4. The molecule has 30 heteroatoms. The zero-order valence-corrected chi connectivity index (χ0v) is 61.9. The van der Waals surface area contributed by atoms with E-state index in [0.29, 0.717) is 77.9 Å². The summed E-state index contributed by atoms with van der Waals surface area (Å²) in [6.45, 7) is 9.12. The molecular weight excluding hydrogens is 1400 g/mol. The maximum Gasteiger partial charge on any atom is 0.416 e. The highest BCUT2D eigenvalue weighted by molar-refractivity contribution is 6.07. The third-order valence-electron chi connectivity index (χ3n) is 20.6. The molecule has 1 unspecified atom stereocenters. The van der Waals surface area contributed by atoms with Crippen molar-refractivity contribution in [2.24, 2.45) is 11.3 Å². The molecule has 1 aromatic heterocycles. The van der Waals surface area contributed by atoms with Crippen molar-refractivity contribution in [1.29, 1.82) is 0 Å². The Hall–Kier alpha value is -11.9. The molecule has 13 rings (SSSR count). The van der Waals surface area contributed by atoms with E-state index in [4.69, 9.17) is 28.4 Å². The minimum Gasteiger partial charge on any atom is -0.493 e. The standard InChI is InChI=1S/C79H90N14O16/c1-44(2)70(86-67(96)39-82-66(95)38-81-65(94)23-25-69(97)90-40-49-14-9-10-15-53(49)72-71(87-88-93(72)45(3)4)54-16-11-12-17-58(54)90)74(99)84-46(5)73(98)85-51-21-18-47(19-22-51)42-109-78(103)92-59-34-64(62(105-7)32-56(59)76(101)91-43-79(26-27-79)35-60(91)77(92)102)108-29-13-28-107-63-33-57-55(31-61(63)104-6)75(100)89-41-50(30-52(89)37-80-57)48-20-24-68(106-8)83-36-48/h9-12,14-22,24,31-34,36,41,44-46,52,60,70,77,80,87-88,102H,13,23,25-30,35,37-40,42-43H2,1-8H3,(H,81,94)(H,82,95)(H,84,99)(H,85,98)(H,86,96)/t46-,52-,60-,70-,77?/m0/s1. The zero-order chi connectivity index (χ0) is 76.9. The molecule has 0 bridgehead atoms. The van der Waals surface area contributed by atoms with E-state index in [1.165, 1.54) is 33.3 Å². The average Bonchev–Trinajstić information content (AvgIpc) is 1.82. The number of para-hydroxylation sites is 1. The summed E-state index contributed by atoms with van der Waals surface area (Å²) in [5.74, 6) is -2.85. The maximum atomic E-state index is 14.5. The molecule has 1 saturated carbocycles. The topological polar surface area (TPSA) is 355 Å². The quantitative estimate of drug-likeness (QED) is 0.0252. The average molecular weight is 1490 g/mol. The van der Waals surface area contributed by atoms with Crippen LogP contribution in [0.4, 0.5) is 27.5 Å². The number of methoxy groups -OCH3 is 3. The number of anilines is 4. The lowest BCUT2D eigenvalue weighted by Crippen LogP contribution is -2.55. The number of carbonyl (C=O) groups is 9. The zero-order valence-electron chi connectivity index (χ0n) is 61.9. The Morgan fingerprint density at radius 3 is 2.10 bits per heavy atom. The van der Waals surface area contributed by atoms with Crippen molar-refractivity contribution in [2.75, 3.05) is 81.2 Å².